The second kappa shape index (κ2) is 6.47. The van der Waals surface area contributed by atoms with Crippen LogP contribution in [-0.2, 0) is 4.74 Å². The molecule has 2 aromatic rings. The molecule has 7 heteroatoms. The van der Waals surface area contributed by atoms with Gasteiger partial charge in [-0.3, -0.25) is 9.78 Å². The number of aromatic nitrogens is 3. The number of morpholine rings is 1. The molecule has 1 aliphatic rings. The monoisotopic (exact) mass is 315 g/mol. The van der Waals surface area contributed by atoms with E-state index in [9.17, 15) is 4.79 Å². The molecule has 0 saturated carbocycles. The molecule has 0 aromatic carbocycles. The molecule has 0 unspecified atom stereocenters. The zero-order valence-electron chi connectivity index (χ0n) is 13.3. The maximum Gasteiger partial charge on any atom is 0.267 e. The Morgan fingerprint density at radius 2 is 2.30 bits per heavy atom. The Labute approximate surface area is 134 Å². The van der Waals surface area contributed by atoms with Crippen LogP contribution in [0.5, 0.6) is 0 Å². The number of nitrogens with two attached hydrogens (primary N) is 1. The number of ether oxygens (including phenoxy) is 1. The van der Waals surface area contributed by atoms with Gasteiger partial charge in [0.1, 0.15) is 11.8 Å². The van der Waals surface area contributed by atoms with Crippen LogP contribution in [0.2, 0.25) is 0 Å². The highest BCUT2D eigenvalue weighted by Crippen LogP contribution is 2.20. The van der Waals surface area contributed by atoms with Crippen LogP contribution < -0.4 is 11.1 Å². The first-order valence-corrected chi connectivity index (χ1v) is 7.74. The summed E-state index contributed by atoms with van der Waals surface area (Å²) in [5, 5.41) is 7.75. The molecule has 2 aromatic heterocycles. The Balaban J connectivity index is 1.91. The summed E-state index contributed by atoms with van der Waals surface area (Å²) in [6.07, 6.45) is 1.65. The Bertz CT molecular complexity index is 687. The fourth-order valence-electron chi connectivity index (χ4n) is 2.52. The lowest BCUT2D eigenvalue weighted by Gasteiger charge is -2.23. The Morgan fingerprint density at radius 3 is 2.87 bits per heavy atom. The van der Waals surface area contributed by atoms with E-state index in [0.29, 0.717) is 18.0 Å². The third kappa shape index (κ3) is 3.25. The van der Waals surface area contributed by atoms with E-state index in [2.05, 4.69) is 15.4 Å². The number of nitrogens with one attached hydrogen (secondary N) is 1. The average Bonchev–Trinajstić information content (AvgIpc) is 3.02. The summed E-state index contributed by atoms with van der Waals surface area (Å²) in [4.78, 5) is 16.1. The molecule has 1 fully saturated rings. The largest absolute Gasteiger partial charge is 0.369 e. The quantitative estimate of drug-likeness (QED) is 0.882. The van der Waals surface area contributed by atoms with E-state index < -0.39 is 5.91 Å². The SMILES string of the molecule is CC(C)c1cc(C(N)=O)n(-c2ccc([C@@H]3CNCCO3)nc2)n1. The minimum absolute atomic E-state index is 0.0442. The van der Waals surface area contributed by atoms with Crippen molar-refractivity contribution in [1.82, 2.24) is 20.1 Å². The highest BCUT2D eigenvalue weighted by Gasteiger charge is 2.19. The normalized spacial score (nSPS) is 18.3. The van der Waals surface area contributed by atoms with E-state index in [-0.39, 0.29) is 12.0 Å². The lowest BCUT2D eigenvalue weighted by molar-refractivity contribution is 0.0250. The molecule has 1 atom stereocenters. The summed E-state index contributed by atoms with van der Waals surface area (Å²) in [5.74, 6) is -0.295. The number of amides is 1. The Kier molecular flexibility index (Phi) is 4.40. The summed E-state index contributed by atoms with van der Waals surface area (Å²) in [7, 11) is 0. The number of carbonyl (C=O) groups is 1. The summed E-state index contributed by atoms with van der Waals surface area (Å²) in [5.41, 5.74) is 8.21. The molecule has 1 aliphatic heterocycles. The molecule has 3 rings (SSSR count). The molecule has 0 spiro atoms. The van der Waals surface area contributed by atoms with Gasteiger partial charge >= 0.3 is 0 Å². The van der Waals surface area contributed by atoms with Gasteiger partial charge in [-0.1, -0.05) is 13.8 Å². The fourth-order valence-corrected chi connectivity index (χ4v) is 2.52. The number of hydrogen-bond acceptors (Lipinski definition) is 5. The van der Waals surface area contributed by atoms with Crippen LogP contribution >= 0.6 is 0 Å². The van der Waals surface area contributed by atoms with Crippen molar-refractivity contribution in [3.05, 3.63) is 41.5 Å². The zero-order chi connectivity index (χ0) is 16.4. The molecule has 1 saturated heterocycles. The minimum atomic E-state index is -0.506. The van der Waals surface area contributed by atoms with Crippen molar-refractivity contribution in [2.75, 3.05) is 19.7 Å². The van der Waals surface area contributed by atoms with E-state index in [1.165, 1.54) is 0 Å². The minimum Gasteiger partial charge on any atom is -0.369 e. The van der Waals surface area contributed by atoms with Gasteiger partial charge in [-0.05, 0) is 24.1 Å². The van der Waals surface area contributed by atoms with Gasteiger partial charge in [-0.2, -0.15) is 5.10 Å². The van der Waals surface area contributed by atoms with Crippen molar-refractivity contribution >= 4 is 5.91 Å². The summed E-state index contributed by atoms with van der Waals surface area (Å²) in [6, 6.07) is 5.51. The fraction of sp³-hybridized carbons (Fsp3) is 0.438. The number of hydrogen-bond donors (Lipinski definition) is 2. The lowest BCUT2D eigenvalue weighted by atomic mass is 10.1. The van der Waals surface area contributed by atoms with Gasteiger partial charge in [0.05, 0.1) is 29.9 Å². The summed E-state index contributed by atoms with van der Waals surface area (Å²) < 4.78 is 7.24. The van der Waals surface area contributed by atoms with Crippen molar-refractivity contribution in [2.24, 2.45) is 5.73 Å². The number of primary amides is 1. The standard InChI is InChI=1S/C16H21N5O2/c1-10(2)13-7-14(16(17)22)21(20-13)11-3-4-12(19-8-11)15-9-18-5-6-23-15/h3-4,7-8,10,15,18H,5-6,9H2,1-2H3,(H2,17,22)/t15-/m0/s1. The van der Waals surface area contributed by atoms with E-state index in [1.807, 2.05) is 26.0 Å². The predicted molar refractivity (Wildman–Crippen MR) is 85.5 cm³/mol. The third-order valence-corrected chi connectivity index (χ3v) is 3.85. The van der Waals surface area contributed by atoms with Crippen LogP contribution in [-0.4, -0.2) is 40.4 Å². The second-order valence-electron chi connectivity index (χ2n) is 5.89. The van der Waals surface area contributed by atoms with Crippen molar-refractivity contribution < 1.29 is 9.53 Å². The van der Waals surface area contributed by atoms with Crippen molar-refractivity contribution in [3.8, 4) is 5.69 Å². The molecule has 3 heterocycles. The van der Waals surface area contributed by atoms with Gasteiger partial charge in [0.25, 0.3) is 5.91 Å². The molecular weight excluding hydrogens is 294 g/mol. The van der Waals surface area contributed by atoms with Crippen molar-refractivity contribution in [1.29, 1.82) is 0 Å². The smallest absolute Gasteiger partial charge is 0.267 e. The van der Waals surface area contributed by atoms with E-state index in [4.69, 9.17) is 10.5 Å². The van der Waals surface area contributed by atoms with Gasteiger partial charge in [-0.25, -0.2) is 4.68 Å². The van der Waals surface area contributed by atoms with Crippen molar-refractivity contribution in [3.63, 3.8) is 0 Å². The average molecular weight is 315 g/mol. The Morgan fingerprint density at radius 1 is 1.48 bits per heavy atom. The number of carbonyl (C=O) groups excluding carboxylic acids is 1. The predicted octanol–water partition coefficient (Wildman–Crippen LogP) is 1.15. The highest BCUT2D eigenvalue weighted by molar-refractivity contribution is 5.91. The van der Waals surface area contributed by atoms with Gasteiger partial charge in [0, 0.05) is 13.1 Å². The van der Waals surface area contributed by atoms with Crippen LogP contribution in [0.25, 0.3) is 5.69 Å². The third-order valence-electron chi connectivity index (χ3n) is 3.85. The van der Waals surface area contributed by atoms with Crippen LogP contribution in [0.3, 0.4) is 0 Å². The topological polar surface area (TPSA) is 95.1 Å². The molecule has 7 nitrogen and oxygen atoms in total. The van der Waals surface area contributed by atoms with Gasteiger partial charge in [-0.15, -0.1) is 0 Å². The number of pyridine rings is 1. The second-order valence-corrected chi connectivity index (χ2v) is 5.89. The number of rotatable bonds is 4. The lowest BCUT2D eigenvalue weighted by Crippen LogP contribution is -2.33. The van der Waals surface area contributed by atoms with E-state index in [0.717, 1.165) is 24.5 Å². The van der Waals surface area contributed by atoms with Crippen LogP contribution in [0.1, 0.15) is 47.7 Å². The zero-order valence-corrected chi connectivity index (χ0v) is 13.3. The first-order valence-electron chi connectivity index (χ1n) is 7.74. The molecule has 23 heavy (non-hydrogen) atoms. The molecule has 0 bridgehead atoms. The summed E-state index contributed by atoms with van der Waals surface area (Å²) >= 11 is 0. The van der Waals surface area contributed by atoms with E-state index in [1.54, 1.807) is 16.9 Å². The van der Waals surface area contributed by atoms with Gasteiger partial charge < -0.3 is 15.8 Å². The molecule has 1 amide bonds. The molecule has 0 aliphatic carbocycles. The molecular formula is C16H21N5O2. The van der Waals surface area contributed by atoms with Gasteiger partial charge in [0.15, 0.2) is 0 Å². The van der Waals surface area contributed by atoms with Crippen LogP contribution in [0.15, 0.2) is 24.4 Å². The van der Waals surface area contributed by atoms with Crippen LogP contribution in [0.4, 0.5) is 0 Å². The summed E-state index contributed by atoms with van der Waals surface area (Å²) in [6.45, 7) is 6.33. The molecule has 0 radical (unpaired) electrons. The maximum absolute atomic E-state index is 11.7. The highest BCUT2D eigenvalue weighted by atomic mass is 16.5. The van der Waals surface area contributed by atoms with Gasteiger partial charge in [0.2, 0.25) is 0 Å². The van der Waals surface area contributed by atoms with Crippen LogP contribution in [0, 0.1) is 0 Å². The Hall–Kier alpha value is -2.25. The number of nitrogens with zero attached hydrogens (tertiary/aromatic N) is 3. The molecule has 3 N–H and O–H groups in total. The van der Waals surface area contributed by atoms with E-state index >= 15 is 0 Å². The first-order chi connectivity index (χ1) is 11.1. The van der Waals surface area contributed by atoms with Crippen molar-refractivity contribution in [2.45, 2.75) is 25.9 Å². The first kappa shape index (κ1) is 15.6. The maximum atomic E-state index is 11.7. The molecule has 122 valence electrons.